The molecule has 2 atom stereocenters. The Kier molecular flexibility index (Phi) is 5.17. The van der Waals surface area contributed by atoms with Crippen LogP contribution >= 0.6 is 0 Å². The maximum absolute atomic E-state index is 12.5. The Morgan fingerprint density at radius 3 is 2.62 bits per heavy atom. The molecule has 1 amide bonds. The van der Waals surface area contributed by atoms with Gasteiger partial charge in [0.05, 0.1) is 13.0 Å². The lowest BCUT2D eigenvalue weighted by molar-refractivity contribution is -0.138. The zero-order chi connectivity index (χ0) is 14.7. The summed E-state index contributed by atoms with van der Waals surface area (Å²) in [6.45, 7) is 4.04. The van der Waals surface area contributed by atoms with Crippen molar-refractivity contribution in [2.45, 2.75) is 63.5 Å². The molecule has 3 fully saturated rings. The Morgan fingerprint density at radius 2 is 1.86 bits per heavy atom. The van der Waals surface area contributed by atoms with Gasteiger partial charge in [-0.3, -0.25) is 9.69 Å². The molecule has 1 saturated carbocycles. The van der Waals surface area contributed by atoms with Crippen LogP contribution in [-0.4, -0.2) is 61.1 Å². The molecular weight excluding hydrogens is 264 g/mol. The van der Waals surface area contributed by atoms with E-state index in [1.54, 1.807) is 7.11 Å². The average Bonchev–Trinajstić information content (AvgIpc) is 3.33. The van der Waals surface area contributed by atoms with Crippen LogP contribution in [0.4, 0.5) is 0 Å². The summed E-state index contributed by atoms with van der Waals surface area (Å²) in [5.74, 6) is 1.25. The number of carbonyl (C=O) groups excluding carboxylic acids is 1. The van der Waals surface area contributed by atoms with Crippen molar-refractivity contribution in [3.63, 3.8) is 0 Å². The lowest BCUT2D eigenvalue weighted by Crippen LogP contribution is -2.56. The SMILES string of the molecule is COCCC(=O)N1CCC[C@@H]2[C@H]1CCCCN2CC1CC1. The summed E-state index contributed by atoms with van der Waals surface area (Å²) in [5.41, 5.74) is 0. The molecule has 4 heteroatoms. The molecule has 2 aliphatic heterocycles. The van der Waals surface area contributed by atoms with Crippen LogP contribution in [-0.2, 0) is 9.53 Å². The first-order valence-electron chi connectivity index (χ1n) is 8.82. The second-order valence-corrected chi connectivity index (χ2v) is 7.04. The van der Waals surface area contributed by atoms with Gasteiger partial charge in [-0.05, 0) is 51.0 Å². The van der Waals surface area contributed by atoms with E-state index >= 15 is 0 Å². The molecule has 2 saturated heterocycles. The molecule has 4 nitrogen and oxygen atoms in total. The van der Waals surface area contributed by atoms with Crippen LogP contribution in [0.25, 0.3) is 0 Å². The number of rotatable bonds is 5. The van der Waals surface area contributed by atoms with Crippen LogP contribution in [0.3, 0.4) is 0 Å². The van der Waals surface area contributed by atoms with Gasteiger partial charge in [0.1, 0.15) is 0 Å². The molecule has 2 heterocycles. The number of nitrogens with zero attached hydrogens (tertiary/aromatic N) is 2. The summed E-state index contributed by atoms with van der Waals surface area (Å²) >= 11 is 0. The zero-order valence-electron chi connectivity index (χ0n) is 13.4. The lowest BCUT2D eigenvalue weighted by atomic mass is 9.92. The third-order valence-corrected chi connectivity index (χ3v) is 5.44. The molecular formula is C17H30N2O2. The van der Waals surface area contributed by atoms with E-state index in [0.717, 1.165) is 12.5 Å². The molecule has 0 radical (unpaired) electrons. The van der Waals surface area contributed by atoms with Crippen molar-refractivity contribution in [1.82, 2.24) is 9.80 Å². The van der Waals surface area contributed by atoms with Gasteiger partial charge < -0.3 is 9.64 Å². The summed E-state index contributed by atoms with van der Waals surface area (Å²) in [7, 11) is 1.68. The zero-order valence-corrected chi connectivity index (χ0v) is 13.4. The van der Waals surface area contributed by atoms with Crippen molar-refractivity contribution in [2.75, 3.05) is 33.4 Å². The number of hydrogen-bond acceptors (Lipinski definition) is 3. The molecule has 3 rings (SSSR count). The van der Waals surface area contributed by atoms with Gasteiger partial charge in [0.2, 0.25) is 5.91 Å². The molecule has 0 aromatic carbocycles. The van der Waals surface area contributed by atoms with Gasteiger partial charge in [-0.15, -0.1) is 0 Å². The van der Waals surface area contributed by atoms with Gasteiger partial charge in [0.25, 0.3) is 0 Å². The molecule has 120 valence electrons. The Balaban J connectivity index is 1.67. The maximum Gasteiger partial charge on any atom is 0.225 e. The second-order valence-electron chi connectivity index (χ2n) is 7.04. The Bertz CT molecular complexity index is 357. The van der Waals surface area contributed by atoms with Crippen molar-refractivity contribution < 1.29 is 9.53 Å². The highest BCUT2D eigenvalue weighted by Crippen LogP contribution is 2.35. The molecule has 0 spiro atoms. The van der Waals surface area contributed by atoms with Crippen LogP contribution in [0.5, 0.6) is 0 Å². The van der Waals surface area contributed by atoms with Crippen molar-refractivity contribution >= 4 is 5.91 Å². The number of hydrogen-bond donors (Lipinski definition) is 0. The maximum atomic E-state index is 12.5. The molecule has 21 heavy (non-hydrogen) atoms. The minimum atomic E-state index is 0.305. The van der Waals surface area contributed by atoms with Gasteiger partial charge >= 0.3 is 0 Å². The molecule has 0 aromatic rings. The fourth-order valence-corrected chi connectivity index (χ4v) is 4.15. The molecule has 0 unspecified atom stereocenters. The monoisotopic (exact) mass is 294 g/mol. The largest absolute Gasteiger partial charge is 0.384 e. The highest BCUT2D eigenvalue weighted by molar-refractivity contribution is 5.76. The van der Waals surface area contributed by atoms with E-state index in [4.69, 9.17) is 4.74 Å². The van der Waals surface area contributed by atoms with Crippen molar-refractivity contribution in [3.05, 3.63) is 0 Å². The van der Waals surface area contributed by atoms with Gasteiger partial charge in [0.15, 0.2) is 0 Å². The summed E-state index contributed by atoms with van der Waals surface area (Å²) in [6.07, 6.45) is 9.62. The molecule has 0 bridgehead atoms. The number of piperidine rings is 1. The quantitative estimate of drug-likeness (QED) is 0.780. The summed E-state index contributed by atoms with van der Waals surface area (Å²) in [6, 6.07) is 1.08. The average molecular weight is 294 g/mol. The van der Waals surface area contributed by atoms with E-state index < -0.39 is 0 Å². The number of amides is 1. The third kappa shape index (κ3) is 3.78. The van der Waals surface area contributed by atoms with E-state index in [2.05, 4.69) is 9.80 Å². The fourth-order valence-electron chi connectivity index (χ4n) is 4.15. The number of ether oxygens (including phenoxy) is 1. The van der Waals surface area contributed by atoms with Gasteiger partial charge in [-0.25, -0.2) is 0 Å². The first kappa shape index (κ1) is 15.3. The first-order chi connectivity index (χ1) is 10.3. The number of methoxy groups -OCH3 is 1. The first-order valence-corrected chi connectivity index (χ1v) is 8.82. The van der Waals surface area contributed by atoms with Gasteiger partial charge in [-0.1, -0.05) is 6.42 Å². The Hall–Kier alpha value is -0.610. The fraction of sp³-hybridized carbons (Fsp3) is 0.941. The number of fused-ring (bicyclic) bond motifs is 1. The van der Waals surface area contributed by atoms with Crippen molar-refractivity contribution in [1.29, 1.82) is 0 Å². The van der Waals surface area contributed by atoms with Gasteiger partial charge in [-0.2, -0.15) is 0 Å². The van der Waals surface area contributed by atoms with Crippen LogP contribution < -0.4 is 0 Å². The van der Waals surface area contributed by atoms with Crippen LogP contribution in [0.1, 0.15) is 51.4 Å². The van der Waals surface area contributed by atoms with E-state index in [1.807, 2.05) is 0 Å². The van der Waals surface area contributed by atoms with Crippen LogP contribution in [0.2, 0.25) is 0 Å². The van der Waals surface area contributed by atoms with E-state index in [1.165, 1.54) is 58.0 Å². The van der Waals surface area contributed by atoms with E-state index in [9.17, 15) is 4.79 Å². The summed E-state index contributed by atoms with van der Waals surface area (Å²) < 4.78 is 5.09. The second kappa shape index (κ2) is 7.10. The number of carbonyl (C=O) groups is 1. The Morgan fingerprint density at radius 1 is 1.05 bits per heavy atom. The normalized spacial score (nSPS) is 30.8. The van der Waals surface area contributed by atoms with E-state index in [-0.39, 0.29) is 0 Å². The van der Waals surface area contributed by atoms with E-state index in [0.29, 0.717) is 31.0 Å². The topological polar surface area (TPSA) is 32.8 Å². The number of likely N-dealkylation sites (tertiary alicyclic amines) is 2. The Labute approximate surface area is 128 Å². The van der Waals surface area contributed by atoms with Crippen molar-refractivity contribution in [2.24, 2.45) is 5.92 Å². The third-order valence-electron chi connectivity index (χ3n) is 5.44. The van der Waals surface area contributed by atoms with Crippen LogP contribution in [0.15, 0.2) is 0 Å². The highest BCUT2D eigenvalue weighted by Gasteiger charge is 2.39. The molecule has 3 aliphatic rings. The smallest absolute Gasteiger partial charge is 0.225 e. The highest BCUT2D eigenvalue weighted by atomic mass is 16.5. The lowest BCUT2D eigenvalue weighted by Gasteiger charge is -2.45. The predicted molar refractivity (Wildman–Crippen MR) is 83.2 cm³/mol. The minimum absolute atomic E-state index is 0.305. The molecule has 1 aliphatic carbocycles. The van der Waals surface area contributed by atoms with Gasteiger partial charge in [0, 0.05) is 32.3 Å². The standard InChI is InChI=1S/C17H30N2O2/c1-21-12-9-17(20)19-11-4-6-15-16(19)5-2-3-10-18(15)13-14-7-8-14/h14-16H,2-13H2,1H3/t15-,16-/m1/s1. The summed E-state index contributed by atoms with van der Waals surface area (Å²) in [4.78, 5) is 17.4. The summed E-state index contributed by atoms with van der Waals surface area (Å²) in [5, 5.41) is 0. The predicted octanol–water partition coefficient (Wildman–Crippen LogP) is 2.28. The van der Waals surface area contributed by atoms with Crippen LogP contribution in [0, 0.1) is 5.92 Å². The minimum Gasteiger partial charge on any atom is -0.384 e. The van der Waals surface area contributed by atoms with Crippen molar-refractivity contribution in [3.8, 4) is 0 Å². The molecule has 0 N–H and O–H groups in total. The molecule has 0 aromatic heterocycles.